The highest BCUT2D eigenvalue weighted by Crippen LogP contribution is 2.31. The second-order valence-corrected chi connectivity index (χ2v) is 7.89. The summed E-state index contributed by atoms with van der Waals surface area (Å²) in [5.74, 6) is -0.576. The first-order valence-corrected chi connectivity index (χ1v) is 10.3. The minimum absolute atomic E-state index is 0.0204. The number of urea groups is 1. The van der Waals surface area contributed by atoms with E-state index in [2.05, 4.69) is 15.6 Å². The van der Waals surface area contributed by atoms with E-state index in [0.29, 0.717) is 0 Å². The van der Waals surface area contributed by atoms with Gasteiger partial charge in [0, 0.05) is 19.0 Å². The van der Waals surface area contributed by atoms with E-state index in [1.165, 1.54) is 40.9 Å². The number of thiophene rings is 1. The number of nitrogens with zero attached hydrogens (tertiary/aromatic N) is 4. The maximum absolute atomic E-state index is 12.8. The third-order valence-electron chi connectivity index (χ3n) is 5.02. The van der Waals surface area contributed by atoms with E-state index < -0.39 is 29.3 Å². The van der Waals surface area contributed by atoms with Crippen LogP contribution in [0.3, 0.4) is 0 Å². The number of carbonyl (C=O) groups excluding carboxylic acids is 2. The lowest BCUT2D eigenvalue weighted by atomic mass is 10.0. The quantitative estimate of drug-likeness (QED) is 0.547. The van der Waals surface area contributed by atoms with Crippen LogP contribution < -0.4 is 21.9 Å². The van der Waals surface area contributed by atoms with Crippen LogP contribution >= 0.6 is 11.3 Å². The molecule has 31 heavy (non-hydrogen) atoms. The molecule has 12 heteroatoms. The van der Waals surface area contributed by atoms with Gasteiger partial charge in [0.2, 0.25) is 0 Å². The molecule has 0 saturated carbocycles. The average molecular weight is 444 g/mol. The number of aryl methyl sites for hydroxylation is 1. The van der Waals surface area contributed by atoms with Crippen molar-refractivity contribution in [3.05, 3.63) is 60.8 Å². The molecule has 1 atom stereocenters. The van der Waals surface area contributed by atoms with Crippen molar-refractivity contribution in [3.8, 4) is 0 Å². The second kappa shape index (κ2) is 7.87. The molecule has 1 aliphatic rings. The van der Waals surface area contributed by atoms with Crippen LogP contribution in [0.4, 0.5) is 4.79 Å². The van der Waals surface area contributed by atoms with Gasteiger partial charge in [0.25, 0.3) is 5.56 Å². The fourth-order valence-corrected chi connectivity index (χ4v) is 4.33. The molecule has 162 valence electrons. The SMILES string of the molecule is CCOC(=O)C1=C(Cn2cnc3c2c(=O)n(C)c(=O)n3C)NC(=O)NC1c1cccs1. The normalized spacial score (nSPS) is 16.4. The number of fused-ring (bicyclic) bond motifs is 1. The molecule has 2 N–H and O–H groups in total. The summed E-state index contributed by atoms with van der Waals surface area (Å²) in [4.78, 5) is 55.1. The molecule has 0 bridgehead atoms. The molecule has 2 amide bonds. The van der Waals surface area contributed by atoms with Crippen molar-refractivity contribution < 1.29 is 14.3 Å². The van der Waals surface area contributed by atoms with Crippen LogP contribution in [-0.2, 0) is 30.2 Å². The first-order chi connectivity index (χ1) is 14.8. The van der Waals surface area contributed by atoms with E-state index in [-0.39, 0.29) is 35.6 Å². The van der Waals surface area contributed by atoms with Crippen molar-refractivity contribution in [3.63, 3.8) is 0 Å². The van der Waals surface area contributed by atoms with E-state index in [9.17, 15) is 19.2 Å². The highest BCUT2D eigenvalue weighted by atomic mass is 32.1. The third-order valence-corrected chi connectivity index (χ3v) is 5.96. The molecule has 11 nitrogen and oxygen atoms in total. The van der Waals surface area contributed by atoms with Crippen molar-refractivity contribution in [2.45, 2.75) is 19.5 Å². The third kappa shape index (κ3) is 3.44. The Morgan fingerprint density at radius 2 is 2.03 bits per heavy atom. The predicted octanol–water partition coefficient (Wildman–Crippen LogP) is 0.367. The number of amides is 2. The number of nitrogens with one attached hydrogen (secondary N) is 2. The lowest BCUT2D eigenvalue weighted by Gasteiger charge is -2.28. The summed E-state index contributed by atoms with van der Waals surface area (Å²) in [5, 5.41) is 7.27. The number of esters is 1. The highest BCUT2D eigenvalue weighted by Gasteiger charge is 2.34. The highest BCUT2D eigenvalue weighted by molar-refractivity contribution is 7.10. The smallest absolute Gasteiger partial charge is 0.338 e. The second-order valence-electron chi connectivity index (χ2n) is 6.91. The number of carbonyl (C=O) groups is 2. The van der Waals surface area contributed by atoms with Crippen LogP contribution in [0.1, 0.15) is 17.8 Å². The zero-order valence-corrected chi connectivity index (χ0v) is 17.9. The van der Waals surface area contributed by atoms with Gasteiger partial charge in [-0.2, -0.15) is 0 Å². The fourth-order valence-electron chi connectivity index (χ4n) is 3.55. The van der Waals surface area contributed by atoms with E-state index >= 15 is 0 Å². The van der Waals surface area contributed by atoms with E-state index in [1.807, 2.05) is 17.5 Å². The first kappa shape index (κ1) is 20.6. The molecule has 0 aromatic carbocycles. The topological polar surface area (TPSA) is 129 Å². The summed E-state index contributed by atoms with van der Waals surface area (Å²) in [6.07, 6.45) is 1.40. The van der Waals surface area contributed by atoms with E-state index in [4.69, 9.17) is 4.74 Å². The van der Waals surface area contributed by atoms with Crippen LogP contribution in [0, 0.1) is 0 Å². The van der Waals surface area contributed by atoms with Crippen LogP contribution in [0.15, 0.2) is 44.7 Å². The van der Waals surface area contributed by atoms with E-state index in [0.717, 1.165) is 9.44 Å². The summed E-state index contributed by atoms with van der Waals surface area (Å²) in [7, 11) is 2.90. The van der Waals surface area contributed by atoms with Gasteiger partial charge in [-0.15, -0.1) is 11.3 Å². The van der Waals surface area contributed by atoms with Crippen molar-refractivity contribution in [2.24, 2.45) is 14.1 Å². The van der Waals surface area contributed by atoms with E-state index in [1.54, 1.807) is 6.92 Å². The Kier molecular flexibility index (Phi) is 5.23. The molecule has 0 aliphatic carbocycles. The van der Waals surface area contributed by atoms with Gasteiger partial charge < -0.3 is 19.9 Å². The molecule has 4 heterocycles. The minimum Gasteiger partial charge on any atom is -0.463 e. The number of rotatable bonds is 5. The predicted molar refractivity (Wildman–Crippen MR) is 113 cm³/mol. The van der Waals surface area contributed by atoms with Crippen molar-refractivity contribution in [1.82, 2.24) is 29.3 Å². The Balaban J connectivity index is 1.89. The standard InChI is InChI=1S/C19H20N6O5S/c1-4-30-17(27)12-10(21-18(28)22-13(12)11-6-5-7-31-11)8-25-9-20-15-14(25)16(26)24(3)19(29)23(15)2/h5-7,9,13H,4,8H2,1-3H3,(H2,21,22,28). The van der Waals surface area contributed by atoms with Gasteiger partial charge in [0.15, 0.2) is 11.2 Å². The summed E-state index contributed by atoms with van der Waals surface area (Å²) in [5.41, 5.74) is -0.100. The number of ether oxygens (including phenoxy) is 1. The monoisotopic (exact) mass is 444 g/mol. The molecule has 3 aromatic heterocycles. The Morgan fingerprint density at radius 3 is 2.71 bits per heavy atom. The van der Waals surface area contributed by atoms with Crippen LogP contribution in [0.2, 0.25) is 0 Å². The average Bonchev–Trinajstić information content (AvgIpc) is 3.41. The Bertz CT molecular complexity index is 1330. The molecular weight excluding hydrogens is 424 g/mol. The zero-order valence-electron chi connectivity index (χ0n) is 17.0. The molecule has 1 unspecified atom stereocenters. The number of imidazole rings is 1. The van der Waals surface area contributed by atoms with Crippen molar-refractivity contribution in [2.75, 3.05) is 6.61 Å². The lowest BCUT2D eigenvalue weighted by Crippen LogP contribution is -2.46. The van der Waals surface area contributed by atoms with Gasteiger partial charge in [-0.1, -0.05) is 6.07 Å². The van der Waals surface area contributed by atoms with Gasteiger partial charge in [-0.05, 0) is 18.4 Å². The molecule has 3 aromatic rings. The van der Waals surface area contributed by atoms with Crippen LogP contribution in [0.5, 0.6) is 0 Å². The van der Waals surface area contributed by atoms with Gasteiger partial charge >= 0.3 is 17.7 Å². The molecule has 4 rings (SSSR count). The zero-order chi connectivity index (χ0) is 22.3. The molecule has 0 saturated heterocycles. The Hall–Kier alpha value is -3.67. The maximum atomic E-state index is 12.8. The van der Waals surface area contributed by atoms with Crippen LogP contribution in [0.25, 0.3) is 11.2 Å². The number of allylic oxidation sites excluding steroid dienone is 1. The fraction of sp³-hybridized carbons (Fsp3) is 0.316. The summed E-state index contributed by atoms with van der Waals surface area (Å²) in [6.45, 7) is 1.84. The first-order valence-electron chi connectivity index (χ1n) is 9.45. The Morgan fingerprint density at radius 1 is 1.26 bits per heavy atom. The Labute approximate surface area is 179 Å². The van der Waals surface area contributed by atoms with Crippen molar-refractivity contribution >= 4 is 34.5 Å². The lowest BCUT2D eigenvalue weighted by molar-refractivity contribution is -0.139. The van der Waals surface area contributed by atoms with Crippen LogP contribution in [-0.4, -0.2) is 37.3 Å². The molecule has 0 radical (unpaired) electrons. The van der Waals surface area contributed by atoms with Gasteiger partial charge in [-0.25, -0.2) is 19.4 Å². The number of hydrogen-bond acceptors (Lipinski definition) is 7. The number of aromatic nitrogens is 4. The number of hydrogen-bond donors (Lipinski definition) is 2. The van der Waals surface area contributed by atoms with Gasteiger partial charge in [0.1, 0.15) is 0 Å². The molecular formula is C19H20N6O5S. The van der Waals surface area contributed by atoms with Gasteiger partial charge in [0.05, 0.1) is 36.8 Å². The largest absolute Gasteiger partial charge is 0.463 e. The minimum atomic E-state index is -0.690. The van der Waals surface area contributed by atoms with Crippen molar-refractivity contribution in [1.29, 1.82) is 0 Å². The van der Waals surface area contributed by atoms with Gasteiger partial charge in [-0.3, -0.25) is 13.9 Å². The maximum Gasteiger partial charge on any atom is 0.338 e. The summed E-state index contributed by atoms with van der Waals surface area (Å²) >= 11 is 1.40. The molecule has 1 aliphatic heterocycles. The summed E-state index contributed by atoms with van der Waals surface area (Å²) in [6, 6.07) is 2.47. The summed E-state index contributed by atoms with van der Waals surface area (Å²) < 4.78 is 8.99. The molecule has 0 spiro atoms. The molecule has 0 fully saturated rings.